The highest BCUT2D eigenvalue weighted by molar-refractivity contribution is 9.11. The Morgan fingerprint density at radius 2 is 1.84 bits per heavy atom. The molecule has 0 atom stereocenters. The van der Waals surface area contributed by atoms with Crippen LogP contribution in [0.1, 0.15) is 36.6 Å². The molecule has 5 nitrogen and oxygen atoms in total. The Hall–Kier alpha value is -1.81. The molecular formula is C21H22Br2F3N3O2. The number of nitrogens with zero attached hydrogens (tertiary/aromatic N) is 2. The molecule has 0 unspecified atom stereocenters. The van der Waals surface area contributed by atoms with Gasteiger partial charge in [0.2, 0.25) is 5.91 Å². The molecule has 0 spiro atoms. The summed E-state index contributed by atoms with van der Waals surface area (Å²) in [5.74, 6) is 0.550. The SMILES string of the molecule is CC1CCN(c2nc(C(F)(F)F)ccc2CNC(=O)Cc2cc(Br)c(O)c(Br)c2)CC1. The van der Waals surface area contributed by atoms with Crippen molar-refractivity contribution in [2.75, 3.05) is 18.0 Å². The summed E-state index contributed by atoms with van der Waals surface area (Å²) in [6.45, 7) is 3.46. The molecule has 3 rings (SSSR count). The van der Waals surface area contributed by atoms with Gasteiger partial charge >= 0.3 is 6.18 Å². The van der Waals surface area contributed by atoms with E-state index in [2.05, 4.69) is 49.1 Å². The summed E-state index contributed by atoms with van der Waals surface area (Å²) in [5.41, 5.74) is 0.281. The fourth-order valence-corrected chi connectivity index (χ4v) is 4.71. The number of rotatable bonds is 5. The number of aromatic hydroxyl groups is 1. The Kier molecular flexibility index (Phi) is 7.51. The Morgan fingerprint density at radius 1 is 1.23 bits per heavy atom. The minimum atomic E-state index is -4.53. The van der Waals surface area contributed by atoms with Gasteiger partial charge in [-0.2, -0.15) is 13.2 Å². The molecule has 0 saturated carbocycles. The third kappa shape index (κ3) is 6.12. The van der Waals surface area contributed by atoms with E-state index in [-0.39, 0.29) is 30.4 Å². The third-order valence-electron chi connectivity index (χ3n) is 5.25. The second kappa shape index (κ2) is 9.77. The van der Waals surface area contributed by atoms with Crippen molar-refractivity contribution in [2.45, 2.75) is 38.9 Å². The number of amides is 1. The Morgan fingerprint density at radius 3 is 2.42 bits per heavy atom. The predicted octanol–water partition coefficient (Wildman–Crippen LogP) is 5.43. The molecule has 168 valence electrons. The van der Waals surface area contributed by atoms with E-state index in [1.807, 2.05) is 4.90 Å². The molecule has 0 bridgehead atoms. The van der Waals surface area contributed by atoms with Crippen molar-refractivity contribution in [3.8, 4) is 5.75 Å². The van der Waals surface area contributed by atoms with Crippen LogP contribution < -0.4 is 10.2 Å². The van der Waals surface area contributed by atoms with Crippen LogP contribution in [0.15, 0.2) is 33.2 Å². The summed E-state index contributed by atoms with van der Waals surface area (Å²) < 4.78 is 40.5. The second-order valence-electron chi connectivity index (χ2n) is 7.71. The van der Waals surface area contributed by atoms with Crippen molar-refractivity contribution >= 4 is 43.6 Å². The lowest BCUT2D eigenvalue weighted by atomic mass is 9.99. The number of hydrogen-bond acceptors (Lipinski definition) is 4. The molecule has 1 fully saturated rings. The third-order valence-corrected chi connectivity index (χ3v) is 6.46. The van der Waals surface area contributed by atoms with E-state index in [9.17, 15) is 23.1 Å². The molecule has 2 heterocycles. The van der Waals surface area contributed by atoms with Crippen molar-refractivity contribution in [3.05, 3.63) is 50.0 Å². The molecule has 0 aliphatic carbocycles. The lowest BCUT2D eigenvalue weighted by Crippen LogP contribution is -2.35. The summed E-state index contributed by atoms with van der Waals surface area (Å²) in [6.07, 6.45) is -2.70. The molecule has 1 saturated heterocycles. The molecular weight excluding hydrogens is 543 g/mol. The average molecular weight is 565 g/mol. The van der Waals surface area contributed by atoms with E-state index in [4.69, 9.17) is 0 Å². The fourth-order valence-electron chi connectivity index (χ4n) is 3.43. The lowest BCUT2D eigenvalue weighted by Gasteiger charge is -2.33. The van der Waals surface area contributed by atoms with E-state index in [0.29, 0.717) is 39.1 Å². The highest BCUT2D eigenvalue weighted by Crippen LogP contribution is 2.34. The van der Waals surface area contributed by atoms with Crippen LogP contribution in [0.3, 0.4) is 0 Å². The van der Waals surface area contributed by atoms with Crippen molar-refractivity contribution in [3.63, 3.8) is 0 Å². The molecule has 31 heavy (non-hydrogen) atoms. The Labute approximate surface area is 195 Å². The van der Waals surface area contributed by atoms with Crippen molar-refractivity contribution in [1.29, 1.82) is 0 Å². The van der Waals surface area contributed by atoms with Gasteiger partial charge < -0.3 is 15.3 Å². The zero-order valence-electron chi connectivity index (χ0n) is 16.8. The van der Waals surface area contributed by atoms with Crippen LogP contribution in [-0.4, -0.2) is 29.1 Å². The number of carbonyl (C=O) groups excluding carboxylic acids is 1. The largest absolute Gasteiger partial charge is 0.506 e. The first-order valence-corrected chi connectivity index (χ1v) is 11.4. The van der Waals surface area contributed by atoms with Gasteiger partial charge in [-0.3, -0.25) is 4.79 Å². The molecule has 0 radical (unpaired) electrons. The number of halogens is 5. The van der Waals surface area contributed by atoms with E-state index < -0.39 is 11.9 Å². The van der Waals surface area contributed by atoms with Crippen molar-refractivity contribution < 1.29 is 23.1 Å². The fraction of sp³-hybridized carbons (Fsp3) is 0.429. The van der Waals surface area contributed by atoms with Gasteiger partial charge in [-0.25, -0.2) is 4.98 Å². The van der Waals surface area contributed by atoms with E-state index >= 15 is 0 Å². The number of hydrogen-bond donors (Lipinski definition) is 2. The molecule has 1 aromatic carbocycles. The summed E-state index contributed by atoms with van der Waals surface area (Å²) in [6, 6.07) is 5.61. The van der Waals surface area contributed by atoms with Gasteiger partial charge in [-0.05, 0) is 74.4 Å². The first-order valence-electron chi connectivity index (χ1n) is 9.80. The maximum absolute atomic E-state index is 13.2. The molecule has 2 aromatic rings. The topological polar surface area (TPSA) is 65.5 Å². The maximum atomic E-state index is 13.2. The molecule has 10 heteroatoms. The summed E-state index contributed by atoms with van der Waals surface area (Å²) >= 11 is 6.45. The quantitative estimate of drug-likeness (QED) is 0.508. The van der Waals surface area contributed by atoms with E-state index in [0.717, 1.165) is 18.9 Å². The molecule has 1 aromatic heterocycles. The maximum Gasteiger partial charge on any atom is 0.433 e. The lowest BCUT2D eigenvalue weighted by molar-refractivity contribution is -0.141. The highest BCUT2D eigenvalue weighted by Gasteiger charge is 2.34. The molecule has 1 aliphatic heterocycles. The minimum absolute atomic E-state index is 0.0421. The summed E-state index contributed by atoms with van der Waals surface area (Å²) in [4.78, 5) is 18.2. The number of piperidine rings is 1. The highest BCUT2D eigenvalue weighted by atomic mass is 79.9. The minimum Gasteiger partial charge on any atom is -0.506 e. The van der Waals surface area contributed by atoms with Gasteiger partial charge in [-0.1, -0.05) is 13.0 Å². The number of anilines is 1. The number of alkyl halides is 3. The number of aromatic nitrogens is 1. The van der Waals surface area contributed by atoms with Crippen LogP contribution in [0.25, 0.3) is 0 Å². The zero-order valence-corrected chi connectivity index (χ0v) is 19.9. The van der Waals surface area contributed by atoms with Gasteiger partial charge in [-0.15, -0.1) is 0 Å². The zero-order chi connectivity index (χ0) is 22.8. The average Bonchev–Trinajstić information content (AvgIpc) is 2.70. The predicted molar refractivity (Wildman–Crippen MR) is 119 cm³/mol. The first-order chi connectivity index (χ1) is 14.5. The summed E-state index contributed by atoms with van der Waals surface area (Å²) in [7, 11) is 0. The molecule has 1 aliphatic rings. The molecule has 2 N–H and O–H groups in total. The Balaban J connectivity index is 1.75. The van der Waals surface area contributed by atoms with Crippen LogP contribution in [0.2, 0.25) is 0 Å². The van der Waals surface area contributed by atoms with Crippen LogP contribution in [0.4, 0.5) is 19.0 Å². The number of phenols is 1. The van der Waals surface area contributed by atoms with Crippen molar-refractivity contribution in [2.24, 2.45) is 5.92 Å². The Bertz CT molecular complexity index is 938. The summed E-state index contributed by atoms with van der Waals surface area (Å²) in [5, 5.41) is 12.5. The van der Waals surface area contributed by atoms with Crippen LogP contribution in [0.5, 0.6) is 5.75 Å². The number of carbonyl (C=O) groups is 1. The van der Waals surface area contributed by atoms with E-state index in [1.165, 1.54) is 6.07 Å². The van der Waals surface area contributed by atoms with Crippen molar-refractivity contribution in [1.82, 2.24) is 10.3 Å². The van der Waals surface area contributed by atoms with Gasteiger partial charge in [0.05, 0.1) is 15.4 Å². The number of nitrogens with one attached hydrogen (secondary N) is 1. The van der Waals surface area contributed by atoms with Gasteiger partial charge in [0, 0.05) is 25.2 Å². The monoisotopic (exact) mass is 563 g/mol. The van der Waals surface area contributed by atoms with Gasteiger partial charge in [0.1, 0.15) is 17.3 Å². The number of phenolic OH excluding ortho intramolecular Hbond substituents is 1. The van der Waals surface area contributed by atoms with E-state index in [1.54, 1.807) is 12.1 Å². The van der Waals surface area contributed by atoms with Crippen LogP contribution in [-0.2, 0) is 23.9 Å². The number of benzene rings is 1. The molecule has 1 amide bonds. The van der Waals surface area contributed by atoms with Crippen LogP contribution >= 0.6 is 31.9 Å². The van der Waals surface area contributed by atoms with Gasteiger partial charge in [0.25, 0.3) is 0 Å². The smallest absolute Gasteiger partial charge is 0.433 e. The van der Waals surface area contributed by atoms with Gasteiger partial charge in [0.15, 0.2) is 0 Å². The van der Waals surface area contributed by atoms with Crippen LogP contribution in [0, 0.1) is 5.92 Å². The first kappa shape index (κ1) is 23.8. The second-order valence-corrected chi connectivity index (χ2v) is 9.42. The standard InChI is InChI=1S/C21H22Br2F3N3O2/c1-12-4-6-29(7-5-12)20-14(2-3-17(28-20)21(24,25)26)11-27-18(30)10-13-8-15(22)19(31)16(23)9-13/h2-3,8-9,12,31H,4-7,10-11H2,1H3,(H,27,30). The number of pyridine rings is 1. The normalized spacial score (nSPS) is 15.2.